The minimum absolute atomic E-state index is 0.415. The van der Waals surface area contributed by atoms with Crippen LogP contribution in [0.25, 0.3) is 6.08 Å². The smallest absolute Gasteiger partial charge is 0.288 e. The maximum absolute atomic E-state index is 12.4. The van der Waals surface area contributed by atoms with Crippen molar-refractivity contribution in [3.8, 4) is 0 Å². The topological polar surface area (TPSA) is 17.1 Å². The third kappa shape index (κ3) is 3.05. The number of rotatable bonds is 3. The summed E-state index contributed by atoms with van der Waals surface area (Å²) in [7, 11) is 0. The number of alkyl halides is 2. The lowest BCUT2D eigenvalue weighted by molar-refractivity contribution is -0.124. The van der Waals surface area contributed by atoms with Crippen LogP contribution in [0.3, 0.4) is 0 Å². The summed E-state index contributed by atoms with van der Waals surface area (Å²) in [5.41, 5.74) is 0.500. The van der Waals surface area contributed by atoms with Crippen molar-refractivity contribution in [2.45, 2.75) is 6.43 Å². The molecule has 0 aromatic heterocycles. The van der Waals surface area contributed by atoms with Crippen LogP contribution in [0, 0.1) is 5.82 Å². The predicted molar refractivity (Wildman–Crippen MR) is 46.4 cm³/mol. The van der Waals surface area contributed by atoms with Crippen LogP contribution in [0.2, 0.25) is 0 Å². The SMILES string of the molecule is O=C(/C=C/c1ccc(F)cc1)C(F)F. The molecule has 0 aliphatic rings. The fraction of sp³-hybridized carbons (Fsp3) is 0.100. The van der Waals surface area contributed by atoms with E-state index >= 15 is 0 Å². The van der Waals surface area contributed by atoms with Crippen molar-refractivity contribution in [1.29, 1.82) is 0 Å². The van der Waals surface area contributed by atoms with Crippen LogP contribution >= 0.6 is 0 Å². The molecule has 1 aromatic rings. The molecule has 1 rings (SSSR count). The lowest BCUT2D eigenvalue weighted by atomic mass is 10.2. The molecule has 0 radical (unpaired) electrons. The highest BCUT2D eigenvalue weighted by Crippen LogP contribution is 2.05. The van der Waals surface area contributed by atoms with Crippen LogP contribution < -0.4 is 0 Å². The normalized spacial score (nSPS) is 11.1. The molecule has 1 aromatic carbocycles. The van der Waals surface area contributed by atoms with Gasteiger partial charge >= 0.3 is 0 Å². The highest BCUT2D eigenvalue weighted by Gasteiger charge is 2.10. The van der Waals surface area contributed by atoms with E-state index in [2.05, 4.69) is 0 Å². The van der Waals surface area contributed by atoms with E-state index in [1.54, 1.807) is 0 Å². The van der Waals surface area contributed by atoms with Gasteiger partial charge < -0.3 is 0 Å². The average Bonchev–Trinajstić information content (AvgIpc) is 2.16. The molecular weight excluding hydrogens is 193 g/mol. The molecule has 0 aliphatic heterocycles. The maximum atomic E-state index is 12.4. The Morgan fingerprint density at radius 2 is 1.79 bits per heavy atom. The van der Waals surface area contributed by atoms with Crippen molar-refractivity contribution in [2.24, 2.45) is 0 Å². The molecule has 0 fully saturated rings. The van der Waals surface area contributed by atoms with Gasteiger partial charge in [-0.05, 0) is 23.8 Å². The molecule has 0 saturated heterocycles. The van der Waals surface area contributed by atoms with Crippen LogP contribution in [0.1, 0.15) is 5.56 Å². The molecule has 0 unspecified atom stereocenters. The molecule has 1 nitrogen and oxygen atoms in total. The highest BCUT2D eigenvalue weighted by molar-refractivity contribution is 5.95. The fourth-order valence-electron chi connectivity index (χ4n) is 0.825. The minimum atomic E-state index is -2.99. The van der Waals surface area contributed by atoms with Gasteiger partial charge in [-0.2, -0.15) is 0 Å². The van der Waals surface area contributed by atoms with Gasteiger partial charge in [0.1, 0.15) is 5.82 Å². The molecule has 0 aliphatic carbocycles. The van der Waals surface area contributed by atoms with Gasteiger partial charge in [0.2, 0.25) is 5.78 Å². The van der Waals surface area contributed by atoms with E-state index in [4.69, 9.17) is 0 Å². The Kier molecular flexibility index (Phi) is 3.45. The Labute approximate surface area is 78.9 Å². The summed E-state index contributed by atoms with van der Waals surface area (Å²) in [4.78, 5) is 10.5. The van der Waals surface area contributed by atoms with Gasteiger partial charge in [0, 0.05) is 0 Å². The van der Waals surface area contributed by atoms with Crippen LogP contribution in [-0.2, 0) is 4.79 Å². The number of hydrogen-bond donors (Lipinski definition) is 0. The Hall–Kier alpha value is -1.58. The van der Waals surface area contributed by atoms with E-state index in [0.29, 0.717) is 5.56 Å². The van der Waals surface area contributed by atoms with Gasteiger partial charge in [-0.25, -0.2) is 13.2 Å². The molecule has 0 N–H and O–H groups in total. The lowest BCUT2D eigenvalue weighted by Crippen LogP contribution is -2.04. The number of carbonyl (C=O) groups is 1. The Morgan fingerprint density at radius 3 is 2.29 bits per heavy atom. The average molecular weight is 200 g/mol. The van der Waals surface area contributed by atoms with Crippen LogP contribution in [-0.4, -0.2) is 12.2 Å². The van der Waals surface area contributed by atoms with Gasteiger partial charge in [-0.15, -0.1) is 0 Å². The minimum Gasteiger partial charge on any atom is -0.288 e. The van der Waals surface area contributed by atoms with Crippen LogP contribution in [0.5, 0.6) is 0 Å². The zero-order valence-corrected chi connectivity index (χ0v) is 7.08. The van der Waals surface area contributed by atoms with E-state index in [1.165, 1.54) is 30.3 Å². The molecule has 0 saturated carbocycles. The van der Waals surface area contributed by atoms with Crippen molar-refractivity contribution >= 4 is 11.9 Å². The summed E-state index contributed by atoms with van der Waals surface area (Å²) in [5.74, 6) is -1.67. The zero-order valence-electron chi connectivity index (χ0n) is 7.08. The largest absolute Gasteiger partial charge is 0.299 e. The summed E-state index contributed by atoms with van der Waals surface area (Å²) >= 11 is 0. The van der Waals surface area contributed by atoms with E-state index in [-0.39, 0.29) is 0 Å². The Bertz CT molecular complexity index is 341. The first-order chi connectivity index (χ1) is 6.59. The molecule has 0 atom stereocenters. The first-order valence-electron chi connectivity index (χ1n) is 3.85. The standard InChI is InChI=1S/C10H7F3O/c11-8-4-1-7(2-5-8)3-6-9(14)10(12)13/h1-6,10H/b6-3+. The van der Waals surface area contributed by atoms with E-state index in [1.807, 2.05) is 0 Å². The van der Waals surface area contributed by atoms with E-state index in [9.17, 15) is 18.0 Å². The molecule has 0 bridgehead atoms. The zero-order chi connectivity index (χ0) is 10.6. The summed E-state index contributed by atoms with van der Waals surface area (Å²) in [6.07, 6.45) is -1.00. The van der Waals surface area contributed by atoms with Crippen molar-refractivity contribution in [1.82, 2.24) is 0 Å². The number of hydrogen-bond acceptors (Lipinski definition) is 1. The molecule has 0 amide bonds. The molecule has 4 heteroatoms. The monoisotopic (exact) mass is 200 g/mol. The summed E-state index contributed by atoms with van der Waals surface area (Å²) in [6, 6.07) is 5.16. The van der Waals surface area contributed by atoms with Gasteiger partial charge in [0.05, 0.1) is 0 Å². The maximum Gasteiger partial charge on any atom is 0.299 e. The number of carbonyl (C=O) groups excluding carboxylic acids is 1. The molecular formula is C10H7F3O. The van der Waals surface area contributed by atoms with Gasteiger partial charge in [0.25, 0.3) is 6.43 Å². The van der Waals surface area contributed by atoms with Gasteiger partial charge in [-0.1, -0.05) is 18.2 Å². The van der Waals surface area contributed by atoms with E-state index < -0.39 is 18.0 Å². The third-order valence-electron chi connectivity index (χ3n) is 1.53. The number of halogens is 3. The van der Waals surface area contributed by atoms with Gasteiger partial charge in [-0.3, -0.25) is 4.79 Å². The number of benzene rings is 1. The first-order valence-corrected chi connectivity index (χ1v) is 3.85. The predicted octanol–water partition coefficient (Wildman–Crippen LogP) is 2.67. The van der Waals surface area contributed by atoms with Crippen LogP contribution in [0.15, 0.2) is 30.3 Å². The van der Waals surface area contributed by atoms with E-state index in [0.717, 1.165) is 6.08 Å². The fourth-order valence-corrected chi connectivity index (χ4v) is 0.825. The highest BCUT2D eigenvalue weighted by atomic mass is 19.3. The van der Waals surface area contributed by atoms with Crippen molar-refractivity contribution in [3.63, 3.8) is 0 Å². The third-order valence-corrected chi connectivity index (χ3v) is 1.53. The van der Waals surface area contributed by atoms with Gasteiger partial charge in [0.15, 0.2) is 0 Å². The molecule has 0 spiro atoms. The Morgan fingerprint density at radius 1 is 1.21 bits per heavy atom. The second-order valence-corrected chi connectivity index (χ2v) is 2.59. The summed E-state index contributed by atoms with van der Waals surface area (Å²) in [6.45, 7) is 0. The van der Waals surface area contributed by atoms with Crippen LogP contribution in [0.4, 0.5) is 13.2 Å². The van der Waals surface area contributed by atoms with Crippen molar-refractivity contribution in [3.05, 3.63) is 41.7 Å². The first kappa shape index (κ1) is 10.5. The van der Waals surface area contributed by atoms with Crippen molar-refractivity contribution in [2.75, 3.05) is 0 Å². The molecule has 14 heavy (non-hydrogen) atoms. The summed E-state index contributed by atoms with van der Waals surface area (Å²) < 4.78 is 35.9. The molecule has 74 valence electrons. The number of ketones is 1. The van der Waals surface area contributed by atoms with Crippen molar-refractivity contribution < 1.29 is 18.0 Å². The quantitative estimate of drug-likeness (QED) is 0.685. The Balaban J connectivity index is 2.69. The number of allylic oxidation sites excluding steroid dienone is 1. The summed E-state index contributed by atoms with van der Waals surface area (Å²) in [5, 5.41) is 0. The lowest BCUT2D eigenvalue weighted by Gasteiger charge is -1.93. The second kappa shape index (κ2) is 4.60. The second-order valence-electron chi connectivity index (χ2n) is 2.59. The molecule has 0 heterocycles.